The number of hydrogen-bond acceptors (Lipinski definition) is 3. The summed E-state index contributed by atoms with van der Waals surface area (Å²) in [5.74, 6) is 0. The molecule has 0 unspecified atom stereocenters. The SMILES string of the molecule is O=S(=O)(NC1CC1)c1ccc2oc3ccccc3c2c1. The van der Waals surface area contributed by atoms with E-state index in [4.69, 9.17) is 4.42 Å². The molecule has 5 heteroatoms. The summed E-state index contributed by atoms with van der Waals surface area (Å²) in [6.07, 6.45) is 1.85. The lowest BCUT2D eigenvalue weighted by atomic mass is 10.1. The second-order valence-electron chi connectivity index (χ2n) is 5.15. The van der Waals surface area contributed by atoms with Crippen LogP contribution in [0.15, 0.2) is 51.8 Å². The Bertz CT molecular complexity index is 907. The third kappa shape index (κ3) is 1.90. The zero-order valence-electron chi connectivity index (χ0n) is 10.7. The molecule has 0 radical (unpaired) electrons. The molecule has 1 heterocycles. The van der Waals surface area contributed by atoms with Crippen molar-refractivity contribution in [3.05, 3.63) is 42.5 Å². The van der Waals surface area contributed by atoms with Crippen LogP contribution >= 0.6 is 0 Å². The number of hydrogen-bond donors (Lipinski definition) is 1. The molecule has 0 aliphatic heterocycles. The average Bonchev–Trinajstić information content (AvgIpc) is 3.16. The second-order valence-corrected chi connectivity index (χ2v) is 6.87. The minimum Gasteiger partial charge on any atom is -0.456 e. The first-order valence-electron chi connectivity index (χ1n) is 6.57. The van der Waals surface area contributed by atoms with E-state index in [0.717, 1.165) is 29.2 Å². The Labute approximate surface area is 116 Å². The van der Waals surface area contributed by atoms with Gasteiger partial charge in [0.25, 0.3) is 0 Å². The normalized spacial score (nSPS) is 16.0. The van der Waals surface area contributed by atoms with Crippen LogP contribution in [0.3, 0.4) is 0 Å². The van der Waals surface area contributed by atoms with Crippen molar-refractivity contribution in [2.24, 2.45) is 0 Å². The summed E-state index contributed by atoms with van der Waals surface area (Å²) in [6, 6.07) is 12.7. The van der Waals surface area contributed by atoms with Crippen molar-refractivity contribution in [1.29, 1.82) is 0 Å². The zero-order valence-corrected chi connectivity index (χ0v) is 11.5. The van der Waals surface area contributed by atoms with Gasteiger partial charge in [-0.1, -0.05) is 18.2 Å². The maximum atomic E-state index is 12.2. The van der Waals surface area contributed by atoms with Gasteiger partial charge in [-0.3, -0.25) is 0 Å². The average molecular weight is 287 g/mol. The molecule has 0 bridgehead atoms. The Kier molecular flexibility index (Phi) is 2.43. The smallest absolute Gasteiger partial charge is 0.240 e. The predicted octanol–water partition coefficient (Wildman–Crippen LogP) is 3.03. The van der Waals surface area contributed by atoms with E-state index in [-0.39, 0.29) is 6.04 Å². The molecule has 1 saturated carbocycles. The van der Waals surface area contributed by atoms with Gasteiger partial charge in [-0.15, -0.1) is 0 Å². The first kappa shape index (κ1) is 11.9. The topological polar surface area (TPSA) is 59.3 Å². The van der Waals surface area contributed by atoms with Crippen molar-refractivity contribution >= 4 is 32.0 Å². The lowest BCUT2D eigenvalue weighted by Gasteiger charge is -2.05. The molecule has 0 amide bonds. The van der Waals surface area contributed by atoms with Crippen LogP contribution < -0.4 is 4.72 Å². The highest BCUT2D eigenvalue weighted by atomic mass is 32.2. The van der Waals surface area contributed by atoms with E-state index >= 15 is 0 Å². The molecule has 1 aliphatic rings. The molecule has 1 N–H and O–H groups in total. The van der Waals surface area contributed by atoms with Crippen LogP contribution in [-0.2, 0) is 10.0 Å². The number of nitrogens with one attached hydrogen (secondary N) is 1. The minimum absolute atomic E-state index is 0.108. The van der Waals surface area contributed by atoms with Gasteiger partial charge in [0.05, 0.1) is 4.90 Å². The summed E-state index contributed by atoms with van der Waals surface area (Å²) in [5, 5.41) is 1.77. The first-order chi connectivity index (χ1) is 9.63. The van der Waals surface area contributed by atoms with E-state index in [2.05, 4.69) is 4.72 Å². The first-order valence-corrected chi connectivity index (χ1v) is 8.05. The molecule has 0 spiro atoms. The maximum Gasteiger partial charge on any atom is 0.240 e. The molecule has 0 atom stereocenters. The minimum atomic E-state index is -3.43. The molecule has 2 aromatic carbocycles. The number of rotatable bonds is 3. The van der Waals surface area contributed by atoms with Crippen LogP contribution in [0.1, 0.15) is 12.8 Å². The van der Waals surface area contributed by atoms with Gasteiger partial charge in [0, 0.05) is 16.8 Å². The molecule has 4 rings (SSSR count). The largest absolute Gasteiger partial charge is 0.456 e. The van der Waals surface area contributed by atoms with E-state index < -0.39 is 10.0 Å². The number of furan rings is 1. The Balaban J connectivity index is 1.91. The van der Waals surface area contributed by atoms with Crippen LogP contribution in [0, 0.1) is 0 Å². The van der Waals surface area contributed by atoms with Crippen molar-refractivity contribution in [2.75, 3.05) is 0 Å². The Hall–Kier alpha value is -1.85. The predicted molar refractivity (Wildman–Crippen MR) is 77.1 cm³/mol. The summed E-state index contributed by atoms with van der Waals surface area (Å²) in [7, 11) is -3.43. The molecular weight excluding hydrogens is 274 g/mol. The van der Waals surface area contributed by atoms with E-state index in [1.54, 1.807) is 18.2 Å². The molecule has 3 aromatic rings. The second kappa shape index (κ2) is 4.07. The number of para-hydroxylation sites is 1. The lowest BCUT2D eigenvalue weighted by Crippen LogP contribution is -2.25. The highest BCUT2D eigenvalue weighted by Gasteiger charge is 2.28. The molecule has 1 fully saturated rings. The lowest BCUT2D eigenvalue weighted by molar-refractivity contribution is 0.581. The van der Waals surface area contributed by atoms with Gasteiger partial charge >= 0.3 is 0 Å². The van der Waals surface area contributed by atoms with E-state index in [9.17, 15) is 8.42 Å². The zero-order chi connectivity index (χ0) is 13.7. The van der Waals surface area contributed by atoms with Gasteiger partial charge in [-0.2, -0.15) is 0 Å². The summed E-state index contributed by atoms with van der Waals surface area (Å²) in [4.78, 5) is 0.295. The fourth-order valence-electron chi connectivity index (χ4n) is 2.36. The van der Waals surface area contributed by atoms with Crippen LogP contribution in [0.4, 0.5) is 0 Å². The third-order valence-corrected chi connectivity index (χ3v) is 5.08. The number of fused-ring (bicyclic) bond motifs is 3. The van der Waals surface area contributed by atoms with Crippen LogP contribution in [0.25, 0.3) is 21.9 Å². The fraction of sp³-hybridized carbons (Fsp3) is 0.200. The third-order valence-electron chi connectivity index (χ3n) is 3.56. The van der Waals surface area contributed by atoms with E-state index in [0.29, 0.717) is 10.5 Å². The van der Waals surface area contributed by atoms with E-state index in [1.165, 1.54) is 0 Å². The van der Waals surface area contributed by atoms with Crippen molar-refractivity contribution in [3.8, 4) is 0 Å². The highest BCUT2D eigenvalue weighted by molar-refractivity contribution is 7.89. The summed E-state index contributed by atoms with van der Waals surface area (Å²) in [5.41, 5.74) is 1.48. The molecular formula is C15H13NO3S. The molecule has 0 saturated heterocycles. The van der Waals surface area contributed by atoms with Gasteiger partial charge in [-0.25, -0.2) is 13.1 Å². The fourth-order valence-corrected chi connectivity index (χ4v) is 3.69. The number of sulfonamides is 1. The van der Waals surface area contributed by atoms with Crippen LogP contribution in [-0.4, -0.2) is 14.5 Å². The molecule has 1 aromatic heterocycles. The summed E-state index contributed by atoms with van der Waals surface area (Å²) in [6.45, 7) is 0. The quantitative estimate of drug-likeness (QED) is 0.805. The van der Waals surface area contributed by atoms with Gasteiger partial charge in [0.2, 0.25) is 10.0 Å². The maximum absolute atomic E-state index is 12.2. The summed E-state index contributed by atoms with van der Waals surface area (Å²) < 4.78 is 32.9. The Morgan fingerprint density at radius 2 is 1.75 bits per heavy atom. The van der Waals surface area contributed by atoms with Gasteiger partial charge in [-0.05, 0) is 37.1 Å². The van der Waals surface area contributed by atoms with Crippen molar-refractivity contribution in [1.82, 2.24) is 4.72 Å². The van der Waals surface area contributed by atoms with Crippen molar-refractivity contribution in [3.63, 3.8) is 0 Å². The molecule has 20 heavy (non-hydrogen) atoms. The van der Waals surface area contributed by atoms with Crippen LogP contribution in [0.5, 0.6) is 0 Å². The van der Waals surface area contributed by atoms with Gasteiger partial charge in [0.15, 0.2) is 0 Å². The Morgan fingerprint density at radius 3 is 2.55 bits per heavy atom. The monoisotopic (exact) mass is 287 g/mol. The highest BCUT2D eigenvalue weighted by Crippen LogP contribution is 2.30. The van der Waals surface area contributed by atoms with Crippen LogP contribution in [0.2, 0.25) is 0 Å². The number of benzene rings is 2. The van der Waals surface area contributed by atoms with Gasteiger partial charge < -0.3 is 4.42 Å². The molecule has 102 valence electrons. The Morgan fingerprint density at radius 1 is 1.00 bits per heavy atom. The summed E-state index contributed by atoms with van der Waals surface area (Å²) >= 11 is 0. The standard InChI is InChI=1S/C15H13NO3S/c17-20(18,16-10-5-6-10)11-7-8-15-13(9-11)12-3-1-2-4-14(12)19-15/h1-4,7-10,16H,5-6H2. The molecule has 4 nitrogen and oxygen atoms in total. The van der Waals surface area contributed by atoms with Crippen molar-refractivity contribution in [2.45, 2.75) is 23.8 Å². The van der Waals surface area contributed by atoms with E-state index in [1.807, 2.05) is 24.3 Å². The van der Waals surface area contributed by atoms with Crippen molar-refractivity contribution < 1.29 is 12.8 Å². The molecule has 1 aliphatic carbocycles. The van der Waals surface area contributed by atoms with Gasteiger partial charge in [0.1, 0.15) is 11.2 Å².